The molecule has 0 amide bonds. The molecule has 2 unspecified atom stereocenters. The molecule has 3 aromatic rings. The van der Waals surface area contributed by atoms with Gasteiger partial charge in [0.25, 0.3) is 0 Å². The molecule has 9 nitrogen and oxygen atoms in total. The third-order valence-electron chi connectivity index (χ3n) is 8.08. The SMILES string of the molecule is CCCCC/C=C(\C=N)C1(Nc2cc(OC)cc(-n3ccc(Nc4ccc(N)c(C=N)c4)n3)n2)C2CCCC21. The summed E-state index contributed by atoms with van der Waals surface area (Å²) in [5, 5.41) is 27.5. The number of benzene rings is 1. The number of methoxy groups -OCH3 is 1. The van der Waals surface area contributed by atoms with E-state index in [9.17, 15) is 0 Å². The van der Waals surface area contributed by atoms with Gasteiger partial charge in [-0.1, -0.05) is 32.3 Å². The minimum Gasteiger partial charge on any atom is -0.496 e. The molecule has 0 radical (unpaired) electrons. The van der Waals surface area contributed by atoms with E-state index in [0.29, 0.717) is 40.5 Å². The van der Waals surface area contributed by atoms with Crippen molar-refractivity contribution in [3.05, 3.63) is 59.8 Å². The van der Waals surface area contributed by atoms with E-state index in [-0.39, 0.29) is 5.54 Å². The number of anilines is 4. The van der Waals surface area contributed by atoms with E-state index in [1.54, 1.807) is 24.1 Å². The number of ether oxygens (including phenoxy) is 1. The van der Waals surface area contributed by atoms with Gasteiger partial charge in [0.05, 0.1) is 12.6 Å². The van der Waals surface area contributed by atoms with Crippen LogP contribution in [0.25, 0.3) is 5.82 Å². The van der Waals surface area contributed by atoms with Crippen molar-refractivity contribution in [2.75, 3.05) is 23.5 Å². The van der Waals surface area contributed by atoms with Gasteiger partial charge in [-0.05, 0) is 61.3 Å². The number of nitrogen functional groups attached to an aromatic ring is 1. The third kappa shape index (κ3) is 5.26. The van der Waals surface area contributed by atoms with Crippen molar-refractivity contribution < 1.29 is 4.74 Å². The number of allylic oxidation sites excluding steroid dienone is 1. The lowest BCUT2D eigenvalue weighted by atomic mass is 9.94. The molecule has 1 aromatic carbocycles. The first-order chi connectivity index (χ1) is 19.0. The lowest BCUT2D eigenvalue weighted by Gasteiger charge is -2.25. The van der Waals surface area contributed by atoms with Crippen molar-refractivity contribution in [1.82, 2.24) is 14.8 Å². The van der Waals surface area contributed by atoms with Crippen LogP contribution in [-0.4, -0.2) is 39.8 Å². The van der Waals surface area contributed by atoms with Crippen LogP contribution in [0.3, 0.4) is 0 Å². The van der Waals surface area contributed by atoms with Gasteiger partial charge in [0.15, 0.2) is 11.6 Å². The fourth-order valence-corrected chi connectivity index (χ4v) is 6.09. The van der Waals surface area contributed by atoms with Gasteiger partial charge < -0.3 is 31.9 Å². The Morgan fingerprint density at radius 3 is 2.69 bits per heavy atom. The van der Waals surface area contributed by atoms with Crippen LogP contribution in [0.5, 0.6) is 5.75 Å². The molecule has 0 spiro atoms. The van der Waals surface area contributed by atoms with Gasteiger partial charge in [-0.15, -0.1) is 5.10 Å². The number of unbranched alkanes of at least 4 members (excludes halogenated alkanes) is 3. The molecule has 39 heavy (non-hydrogen) atoms. The summed E-state index contributed by atoms with van der Waals surface area (Å²) < 4.78 is 7.35. The highest BCUT2D eigenvalue weighted by Crippen LogP contribution is 2.65. The largest absolute Gasteiger partial charge is 0.496 e. The summed E-state index contributed by atoms with van der Waals surface area (Å²) in [6.45, 7) is 2.21. The number of nitrogens with one attached hydrogen (secondary N) is 4. The summed E-state index contributed by atoms with van der Waals surface area (Å²) in [5.74, 6) is 3.74. The second kappa shape index (κ2) is 11.3. The van der Waals surface area contributed by atoms with Crippen LogP contribution in [0, 0.1) is 22.7 Å². The smallest absolute Gasteiger partial charge is 0.159 e. The summed E-state index contributed by atoms with van der Waals surface area (Å²) in [7, 11) is 1.65. The van der Waals surface area contributed by atoms with Crippen LogP contribution in [0.1, 0.15) is 57.4 Å². The number of rotatable bonds is 13. The fourth-order valence-electron chi connectivity index (χ4n) is 6.09. The molecular weight excluding hydrogens is 488 g/mol. The average Bonchev–Trinajstić information content (AvgIpc) is 3.35. The van der Waals surface area contributed by atoms with Crippen LogP contribution in [-0.2, 0) is 0 Å². The highest BCUT2D eigenvalue weighted by atomic mass is 16.5. The highest BCUT2D eigenvalue weighted by molar-refractivity contribution is 5.87. The molecule has 2 saturated carbocycles. The molecule has 9 heteroatoms. The van der Waals surface area contributed by atoms with Crippen molar-refractivity contribution >= 4 is 35.4 Å². The molecule has 0 aliphatic heterocycles. The zero-order chi connectivity index (χ0) is 27.4. The molecule has 0 saturated heterocycles. The van der Waals surface area contributed by atoms with Gasteiger partial charge in [0.2, 0.25) is 0 Å². The maximum absolute atomic E-state index is 8.25. The predicted octanol–water partition coefficient (Wildman–Crippen LogP) is 6.34. The first-order valence-corrected chi connectivity index (χ1v) is 13.8. The Hall–Kier alpha value is -4.14. The van der Waals surface area contributed by atoms with Crippen molar-refractivity contribution in [3.63, 3.8) is 0 Å². The third-order valence-corrected chi connectivity index (χ3v) is 8.08. The summed E-state index contributed by atoms with van der Waals surface area (Å²) in [4.78, 5) is 4.92. The van der Waals surface area contributed by atoms with E-state index in [4.69, 9.17) is 26.3 Å². The van der Waals surface area contributed by atoms with Crippen LogP contribution >= 0.6 is 0 Å². The second-order valence-electron chi connectivity index (χ2n) is 10.4. The summed E-state index contributed by atoms with van der Waals surface area (Å²) >= 11 is 0. The van der Waals surface area contributed by atoms with E-state index in [2.05, 4.69) is 28.7 Å². The summed E-state index contributed by atoms with van der Waals surface area (Å²) in [5.41, 5.74) is 8.76. The molecule has 2 heterocycles. The molecule has 6 N–H and O–H groups in total. The normalized spacial score (nSPS) is 21.7. The topological polar surface area (TPSA) is 138 Å². The van der Waals surface area contributed by atoms with E-state index in [1.165, 1.54) is 38.3 Å². The number of nitrogens with two attached hydrogens (primary N) is 1. The lowest BCUT2D eigenvalue weighted by molar-refractivity contribution is 0.414. The summed E-state index contributed by atoms with van der Waals surface area (Å²) in [6.07, 6.45) is 15.0. The molecule has 204 valence electrons. The van der Waals surface area contributed by atoms with Gasteiger partial charge in [-0.25, -0.2) is 9.67 Å². The predicted molar refractivity (Wildman–Crippen MR) is 158 cm³/mol. The first-order valence-electron chi connectivity index (χ1n) is 13.8. The van der Waals surface area contributed by atoms with E-state index in [0.717, 1.165) is 29.9 Å². The Labute approximate surface area is 229 Å². The maximum atomic E-state index is 8.25. The molecule has 5 rings (SSSR count). The van der Waals surface area contributed by atoms with Crippen molar-refractivity contribution in [1.29, 1.82) is 10.8 Å². The quantitative estimate of drug-likeness (QED) is 0.100. The standard InChI is InChI=1S/C30H38N8O/c1-3-4-5-6-8-21(19-32)30(24-9-7-10-25(24)30)36-28-16-23(39-2)17-29(35-28)38-14-13-27(37-38)34-22-11-12-26(33)20(15-22)18-31/h8,11-19,24-25,31-32H,3-7,9-10,33H2,1-2H3,(H,34,37)(H,35,36)/b21-8+,31-18?,32-19?. The minimum absolute atomic E-state index is 0.235. The molecule has 2 fully saturated rings. The van der Waals surface area contributed by atoms with E-state index >= 15 is 0 Å². The van der Waals surface area contributed by atoms with Gasteiger partial charge in [-0.2, -0.15) is 0 Å². The van der Waals surface area contributed by atoms with Crippen LogP contribution in [0.2, 0.25) is 0 Å². The number of pyridine rings is 1. The zero-order valence-corrected chi connectivity index (χ0v) is 22.7. The Balaban J connectivity index is 1.40. The van der Waals surface area contributed by atoms with Gasteiger partial charge in [-0.3, -0.25) is 0 Å². The van der Waals surface area contributed by atoms with Crippen LogP contribution in [0.15, 0.2) is 54.2 Å². The Kier molecular flexibility index (Phi) is 7.67. The Morgan fingerprint density at radius 1 is 1.15 bits per heavy atom. The average molecular weight is 527 g/mol. The van der Waals surface area contributed by atoms with E-state index < -0.39 is 0 Å². The Bertz CT molecular complexity index is 1370. The summed E-state index contributed by atoms with van der Waals surface area (Å²) in [6, 6.07) is 11.1. The van der Waals surface area contributed by atoms with E-state index in [1.807, 2.05) is 36.5 Å². The van der Waals surface area contributed by atoms with Crippen LogP contribution < -0.4 is 21.1 Å². The molecule has 2 aliphatic rings. The fraction of sp³-hybridized carbons (Fsp3) is 0.400. The first kappa shape index (κ1) is 26.5. The number of nitrogens with zero attached hydrogens (tertiary/aromatic N) is 3. The molecular formula is C30H38N8O. The number of aromatic nitrogens is 3. The maximum Gasteiger partial charge on any atom is 0.159 e. The second-order valence-corrected chi connectivity index (χ2v) is 10.4. The Morgan fingerprint density at radius 2 is 1.97 bits per heavy atom. The lowest BCUT2D eigenvalue weighted by Crippen LogP contribution is -2.31. The van der Waals surface area contributed by atoms with Crippen molar-refractivity contribution in [2.45, 2.75) is 57.4 Å². The molecule has 2 aromatic heterocycles. The highest BCUT2D eigenvalue weighted by Gasteiger charge is 2.67. The molecule has 2 aliphatic carbocycles. The van der Waals surface area contributed by atoms with Crippen molar-refractivity contribution in [2.24, 2.45) is 11.8 Å². The molecule has 0 bridgehead atoms. The number of hydrogen-bond acceptors (Lipinski definition) is 8. The molecule has 2 atom stereocenters. The van der Waals surface area contributed by atoms with Crippen LogP contribution in [0.4, 0.5) is 23.0 Å². The van der Waals surface area contributed by atoms with Gasteiger partial charge in [0.1, 0.15) is 11.6 Å². The number of hydrogen-bond donors (Lipinski definition) is 5. The number of fused-ring (bicyclic) bond motifs is 1. The van der Waals surface area contributed by atoms with Gasteiger partial charge >= 0.3 is 0 Å². The van der Waals surface area contributed by atoms with Crippen molar-refractivity contribution in [3.8, 4) is 11.6 Å². The van der Waals surface area contributed by atoms with Gasteiger partial charge in [0, 0.05) is 53.8 Å². The zero-order valence-electron chi connectivity index (χ0n) is 22.7. The minimum atomic E-state index is -0.235. The monoisotopic (exact) mass is 526 g/mol.